The number of hydrogen-bond acceptors (Lipinski definition) is 2. The van der Waals surface area contributed by atoms with Gasteiger partial charge in [-0.2, -0.15) is 0 Å². The summed E-state index contributed by atoms with van der Waals surface area (Å²) in [5.74, 6) is 0.812. The van der Waals surface area contributed by atoms with Crippen LogP contribution >= 0.6 is 0 Å². The van der Waals surface area contributed by atoms with E-state index in [2.05, 4.69) is 31.0 Å². The van der Waals surface area contributed by atoms with Gasteiger partial charge in [0.25, 0.3) is 0 Å². The van der Waals surface area contributed by atoms with Crippen molar-refractivity contribution in [1.29, 1.82) is 0 Å². The normalized spacial score (nSPS) is 29.3. The van der Waals surface area contributed by atoms with Gasteiger partial charge in [-0.05, 0) is 45.1 Å². The largest absolute Gasteiger partial charge is 0.312 e. The number of rotatable bonds is 5. The fourth-order valence-electron chi connectivity index (χ4n) is 3.66. The number of nitrogens with one attached hydrogen (secondary N) is 1. The van der Waals surface area contributed by atoms with Crippen LogP contribution in [0.2, 0.25) is 0 Å². The van der Waals surface area contributed by atoms with Crippen molar-refractivity contribution in [3.63, 3.8) is 0 Å². The van der Waals surface area contributed by atoms with Crippen LogP contribution in [0, 0.1) is 5.92 Å². The minimum atomic E-state index is 0.713. The van der Waals surface area contributed by atoms with Crippen molar-refractivity contribution in [3.8, 4) is 0 Å². The van der Waals surface area contributed by atoms with Crippen molar-refractivity contribution in [3.05, 3.63) is 0 Å². The van der Waals surface area contributed by atoms with Gasteiger partial charge in [-0.25, -0.2) is 0 Å². The van der Waals surface area contributed by atoms with Crippen LogP contribution in [0.3, 0.4) is 0 Å². The van der Waals surface area contributed by atoms with Crippen LogP contribution in [-0.2, 0) is 0 Å². The van der Waals surface area contributed by atoms with Crippen molar-refractivity contribution in [2.45, 2.75) is 77.4 Å². The highest BCUT2D eigenvalue weighted by molar-refractivity contribution is 4.86. The Bertz CT molecular complexity index is 221. The molecule has 2 heteroatoms. The summed E-state index contributed by atoms with van der Waals surface area (Å²) in [5.41, 5.74) is 0. The first-order chi connectivity index (χ1) is 8.18. The summed E-state index contributed by atoms with van der Waals surface area (Å²) in [6.45, 7) is 9.66. The lowest BCUT2D eigenvalue weighted by atomic mass is 10.0. The summed E-state index contributed by atoms with van der Waals surface area (Å²) in [6, 6.07) is 2.36. The molecule has 0 aromatic carbocycles. The molecule has 1 heterocycles. The molecule has 0 bridgehead atoms. The van der Waals surface area contributed by atoms with Gasteiger partial charge in [0.15, 0.2) is 0 Å². The monoisotopic (exact) mass is 238 g/mol. The quantitative estimate of drug-likeness (QED) is 0.792. The first-order valence-electron chi connectivity index (χ1n) is 7.67. The topological polar surface area (TPSA) is 15.3 Å². The fraction of sp³-hybridized carbons (Fsp3) is 1.00. The van der Waals surface area contributed by atoms with Gasteiger partial charge in [-0.15, -0.1) is 0 Å². The van der Waals surface area contributed by atoms with Crippen molar-refractivity contribution in [2.75, 3.05) is 13.1 Å². The van der Waals surface area contributed by atoms with Crippen molar-refractivity contribution >= 4 is 0 Å². The molecule has 1 saturated heterocycles. The molecule has 2 nitrogen and oxygen atoms in total. The van der Waals surface area contributed by atoms with Gasteiger partial charge in [-0.3, -0.25) is 4.90 Å². The van der Waals surface area contributed by atoms with E-state index < -0.39 is 0 Å². The maximum absolute atomic E-state index is 3.78. The summed E-state index contributed by atoms with van der Waals surface area (Å²) in [6.07, 6.45) is 8.48. The van der Waals surface area contributed by atoms with Crippen molar-refractivity contribution in [2.24, 2.45) is 5.92 Å². The molecule has 1 saturated carbocycles. The molecule has 2 aliphatic rings. The third kappa shape index (κ3) is 3.45. The fourth-order valence-corrected chi connectivity index (χ4v) is 3.66. The predicted molar refractivity (Wildman–Crippen MR) is 74.3 cm³/mol. The van der Waals surface area contributed by atoms with E-state index in [1.165, 1.54) is 51.6 Å². The molecular weight excluding hydrogens is 208 g/mol. The first-order valence-corrected chi connectivity index (χ1v) is 7.67. The summed E-state index contributed by atoms with van der Waals surface area (Å²) >= 11 is 0. The van der Waals surface area contributed by atoms with E-state index in [9.17, 15) is 0 Å². The van der Waals surface area contributed by atoms with Crippen LogP contribution in [0.25, 0.3) is 0 Å². The molecule has 1 N–H and O–H groups in total. The van der Waals surface area contributed by atoms with Crippen molar-refractivity contribution < 1.29 is 0 Å². The zero-order valence-corrected chi connectivity index (χ0v) is 11.9. The molecule has 0 spiro atoms. The van der Waals surface area contributed by atoms with Crippen LogP contribution in [0.15, 0.2) is 0 Å². The Hall–Kier alpha value is -0.0800. The van der Waals surface area contributed by atoms with Gasteiger partial charge in [0.05, 0.1) is 0 Å². The van der Waals surface area contributed by atoms with E-state index in [0.717, 1.165) is 18.0 Å². The molecule has 0 radical (unpaired) electrons. The Labute approximate surface area is 107 Å². The van der Waals surface area contributed by atoms with Crippen LogP contribution in [0.4, 0.5) is 0 Å². The molecule has 2 rings (SSSR count). The highest BCUT2D eigenvalue weighted by Gasteiger charge is 2.30. The molecular formula is C15H30N2. The zero-order valence-electron chi connectivity index (χ0n) is 11.9. The molecule has 0 amide bonds. The number of likely N-dealkylation sites (tertiary alicyclic amines) is 1. The van der Waals surface area contributed by atoms with E-state index in [4.69, 9.17) is 0 Å². The van der Waals surface area contributed by atoms with Crippen LogP contribution in [0.1, 0.15) is 59.3 Å². The van der Waals surface area contributed by atoms with E-state index in [0.29, 0.717) is 6.04 Å². The van der Waals surface area contributed by atoms with E-state index in [1.807, 2.05) is 0 Å². The lowest BCUT2D eigenvalue weighted by Gasteiger charge is -2.33. The second-order valence-electron chi connectivity index (χ2n) is 6.43. The highest BCUT2D eigenvalue weighted by Crippen LogP contribution is 2.26. The Balaban J connectivity index is 1.76. The lowest BCUT2D eigenvalue weighted by Crippen LogP contribution is -2.46. The second-order valence-corrected chi connectivity index (χ2v) is 6.43. The molecule has 2 fully saturated rings. The molecule has 17 heavy (non-hydrogen) atoms. The summed E-state index contributed by atoms with van der Waals surface area (Å²) in [4.78, 5) is 2.74. The molecule has 100 valence electrons. The smallest absolute Gasteiger partial charge is 0.0195 e. The third-order valence-corrected chi connectivity index (χ3v) is 4.73. The first kappa shape index (κ1) is 13.4. The number of nitrogens with zero attached hydrogens (tertiary/aromatic N) is 1. The Kier molecular flexibility index (Phi) is 4.87. The molecule has 0 aromatic rings. The third-order valence-electron chi connectivity index (χ3n) is 4.73. The van der Waals surface area contributed by atoms with Gasteiger partial charge >= 0.3 is 0 Å². The van der Waals surface area contributed by atoms with Crippen LogP contribution < -0.4 is 5.32 Å². The lowest BCUT2D eigenvalue weighted by molar-refractivity contribution is 0.151. The van der Waals surface area contributed by atoms with Gasteiger partial charge in [0.1, 0.15) is 0 Å². The zero-order chi connectivity index (χ0) is 12.3. The van der Waals surface area contributed by atoms with Crippen molar-refractivity contribution in [1.82, 2.24) is 10.2 Å². The van der Waals surface area contributed by atoms with Gasteiger partial charge in [0, 0.05) is 24.7 Å². The molecule has 2 unspecified atom stereocenters. The van der Waals surface area contributed by atoms with Gasteiger partial charge in [-0.1, -0.05) is 26.7 Å². The van der Waals surface area contributed by atoms with E-state index >= 15 is 0 Å². The summed E-state index contributed by atoms with van der Waals surface area (Å²) in [5, 5.41) is 3.78. The summed E-state index contributed by atoms with van der Waals surface area (Å²) in [7, 11) is 0. The van der Waals surface area contributed by atoms with Crippen LogP contribution in [-0.4, -0.2) is 36.1 Å². The maximum atomic E-state index is 3.78. The Morgan fingerprint density at radius 1 is 1.06 bits per heavy atom. The van der Waals surface area contributed by atoms with Crippen LogP contribution in [0.5, 0.6) is 0 Å². The second kappa shape index (κ2) is 6.19. The molecule has 0 aromatic heterocycles. The average Bonchev–Trinajstić information content (AvgIpc) is 2.96. The standard InChI is InChI=1S/C15H30N2/c1-12(2)15-9-6-10-17(15)13(3)11-16-14-7-4-5-8-14/h12-16H,4-11H2,1-3H3. The maximum Gasteiger partial charge on any atom is 0.0195 e. The SMILES string of the molecule is CC(C)C1CCCN1C(C)CNC1CCCC1. The van der Waals surface area contributed by atoms with Gasteiger partial charge in [0.2, 0.25) is 0 Å². The molecule has 2 atom stereocenters. The summed E-state index contributed by atoms with van der Waals surface area (Å²) < 4.78 is 0. The van der Waals surface area contributed by atoms with E-state index in [1.54, 1.807) is 0 Å². The highest BCUT2D eigenvalue weighted by atomic mass is 15.2. The minimum Gasteiger partial charge on any atom is -0.312 e. The number of hydrogen-bond donors (Lipinski definition) is 1. The average molecular weight is 238 g/mol. The van der Waals surface area contributed by atoms with Gasteiger partial charge < -0.3 is 5.32 Å². The predicted octanol–water partition coefficient (Wildman–Crippen LogP) is 3.03. The minimum absolute atomic E-state index is 0.713. The molecule has 1 aliphatic heterocycles. The molecule has 1 aliphatic carbocycles. The van der Waals surface area contributed by atoms with E-state index in [-0.39, 0.29) is 0 Å². The Morgan fingerprint density at radius 2 is 1.76 bits per heavy atom. The Morgan fingerprint density at radius 3 is 2.41 bits per heavy atom.